The van der Waals surface area contributed by atoms with E-state index < -0.39 is 0 Å². The molecule has 0 atom stereocenters. The van der Waals surface area contributed by atoms with E-state index >= 15 is 0 Å². The summed E-state index contributed by atoms with van der Waals surface area (Å²) in [5.41, 5.74) is 5.46. The lowest BCUT2D eigenvalue weighted by Crippen LogP contribution is -1.98. The molecule has 6 nitrogen and oxygen atoms in total. The first-order chi connectivity index (χ1) is 5.25. The highest BCUT2D eigenvalue weighted by Crippen LogP contribution is 2.08. The topological polar surface area (TPSA) is 86.5 Å². The maximum absolute atomic E-state index is 5.54. The Balaban J connectivity index is 2.92. The fourth-order valence-electron chi connectivity index (χ4n) is 0.462. The molecule has 0 saturated carbocycles. The van der Waals surface area contributed by atoms with Gasteiger partial charge in [-0.25, -0.2) is 4.63 Å². The Kier molecular flexibility index (Phi) is 2.27. The summed E-state index contributed by atoms with van der Waals surface area (Å²) in [6, 6.07) is 0. The normalized spacial score (nSPS) is 11.6. The van der Waals surface area contributed by atoms with Crippen molar-refractivity contribution < 1.29 is 9.47 Å². The second-order valence-corrected chi connectivity index (χ2v) is 1.92. The van der Waals surface area contributed by atoms with Crippen molar-refractivity contribution in [3.8, 4) is 0 Å². The maximum Gasteiger partial charge on any atom is 0.201 e. The Morgan fingerprint density at radius 1 is 1.73 bits per heavy atom. The van der Waals surface area contributed by atoms with E-state index in [1.54, 1.807) is 0 Å². The summed E-state index contributed by atoms with van der Waals surface area (Å²) in [6.07, 6.45) is 0. The summed E-state index contributed by atoms with van der Waals surface area (Å²) in [6.45, 7) is 0. The highest BCUT2D eigenvalue weighted by Gasteiger charge is 2.11. The Hall–Kier alpha value is -1.30. The van der Waals surface area contributed by atoms with Crippen LogP contribution in [0, 0.1) is 0 Å². The van der Waals surface area contributed by atoms with Gasteiger partial charge in [-0.15, -0.1) is 0 Å². The molecule has 1 heterocycles. The van der Waals surface area contributed by atoms with Crippen LogP contribution in [0.5, 0.6) is 0 Å². The molecule has 7 heteroatoms. The number of anilines is 1. The fraction of sp³-hybridized carbons (Fsp3) is 0.250. The molecule has 0 aliphatic rings. The van der Waals surface area contributed by atoms with E-state index in [9.17, 15) is 0 Å². The van der Waals surface area contributed by atoms with E-state index in [4.69, 9.17) is 17.3 Å². The highest BCUT2D eigenvalue weighted by atomic mass is 35.5. The molecule has 11 heavy (non-hydrogen) atoms. The third-order valence-electron chi connectivity index (χ3n) is 0.881. The number of halogens is 1. The molecule has 0 aromatic carbocycles. The molecule has 0 amide bonds. The SMILES string of the molecule is CO/N=C(\Cl)c1nonc1N. The molecule has 1 rings (SSSR count). The lowest BCUT2D eigenvalue weighted by molar-refractivity contribution is 0.214. The third kappa shape index (κ3) is 1.58. The van der Waals surface area contributed by atoms with E-state index in [0.29, 0.717) is 0 Å². The Bertz CT molecular complexity index is 271. The van der Waals surface area contributed by atoms with Crippen molar-refractivity contribution >= 4 is 22.6 Å². The van der Waals surface area contributed by atoms with Gasteiger partial charge in [-0.2, -0.15) is 0 Å². The third-order valence-corrected chi connectivity index (χ3v) is 1.13. The summed E-state index contributed by atoms with van der Waals surface area (Å²) >= 11 is 5.54. The van der Waals surface area contributed by atoms with Gasteiger partial charge in [0.25, 0.3) is 0 Å². The number of rotatable bonds is 2. The number of hydrogen-bond acceptors (Lipinski definition) is 6. The zero-order chi connectivity index (χ0) is 8.27. The molecule has 60 valence electrons. The van der Waals surface area contributed by atoms with Gasteiger partial charge < -0.3 is 10.6 Å². The maximum atomic E-state index is 5.54. The van der Waals surface area contributed by atoms with Gasteiger partial charge in [0, 0.05) is 0 Å². The minimum Gasteiger partial charge on any atom is -0.398 e. The van der Waals surface area contributed by atoms with E-state index in [-0.39, 0.29) is 16.7 Å². The summed E-state index contributed by atoms with van der Waals surface area (Å²) in [7, 11) is 1.35. The van der Waals surface area contributed by atoms with Crippen molar-refractivity contribution in [2.75, 3.05) is 12.8 Å². The molecule has 1 aromatic heterocycles. The first-order valence-electron chi connectivity index (χ1n) is 2.60. The van der Waals surface area contributed by atoms with Crippen LogP contribution in [0.15, 0.2) is 9.78 Å². The largest absolute Gasteiger partial charge is 0.398 e. The molecule has 0 aliphatic carbocycles. The van der Waals surface area contributed by atoms with Gasteiger partial charge in [0.15, 0.2) is 11.5 Å². The smallest absolute Gasteiger partial charge is 0.201 e. The number of oxime groups is 1. The molecule has 2 N–H and O–H groups in total. The molecular weight excluding hydrogens is 172 g/mol. The molecular formula is C4H5ClN4O2. The van der Waals surface area contributed by atoms with Gasteiger partial charge >= 0.3 is 0 Å². The van der Waals surface area contributed by atoms with Crippen molar-refractivity contribution in [3.63, 3.8) is 0 Å². The molecule has 0 aliphatic heterocycles. The standard InChI is InChI=1S/C4H5ClN4O2/c1-10-8-3(5)2-4(6)9-11-7-2/h1H3,(H2,6,9)/b8-3-. The van der Waals surface area contributed by atoms with E-state index in [0.717, 1.165) is 0 Å². The molecule has 0 bridgehead atoms. The first-order valence-corrected chi connectivity index (χ1v) is 2.98. The zero-order valence-electron chi connectivity index (χ0n) is 5.61. The van der Waals surface area contributed by atoms with Crippen LogP contribution in [0.2, 0.25) is 0 Å². The Labute approximate surface area is 66.9 Å². The minimum atomic E-state index is 0.00579. The van der Waals surface area contributed by atoms with E-state index in [1.165, 1.54) is 7.11 Å². The highest BCUT2D eigenvalue weighted by molar-refractivity contribution is 6.69. The van der Waals surface area contributed by atoms with Gasteiger partial charge in [0.1, 0.15) is 7.11 Å². The minimum absolute atomic E-state index is 0.00579. The molecule has 0 unspecified atom stereocenters. The monoisotopic (exact) mass is 176 g/mol. The summed E-state index contributed by atoms with van der Waals surface area (Å²) < 4.78 is 4.27. The summed E-state index contributed by atoms with van der Waals surface area (Å²) in [5.74, 6) is 0.0794. The van der Waals surface area contributed by atoms with Crippen LogP contribution in [-0.2, 0) is 4.84 Å². The van der Waals surface area contributed by atoms with Crippen molar-refractivity contribution in [3.05, 3.63) is 5.69 Å². The Morgan fingerprint density at radius 3 is 2.91 bits per heavy atom. The summed E-state index contributed by atoms with van der Waals surface area (Å²) in [5, 5.41) is 10.0. The number of nitrogen functional groups attached to an aromatic ring is 1. The predicted octanol–water partition coefficient (Wildman–Crippen LogP) is 0.199. The predicted molar refractivity (Wildman–Crippen MR) is 38.1 cm³/mol. The van der Waals surface area contributed by atoms with Crippen molar-refractivity contribution in [2.45, 2.75) is 0 Å². The molecule has 0 saturated heterocycles. The second-order valence-electron chi connectivity index (χ2n) is 1.56. The van der Waals surface area contributed by atoms with E-state index in [1.807, 2.05) is 0 Å². The number of aromatic nitrogens is 2. The lowest BCUT2D eigenvalue weighted by Gasteiger charge is -1.89. The van der Waals surface area contributed by atoms with Gasteiger partial charge in [-0.05, 0) is 10.3 Å². The Morgan fingerprint density at radius 2 is 2.45 bits per heavy atom. The van der Waals surface area contributed by atoms with Crippen molar-refractivity contribution in [1.29, 1.82) is 0 Å². The van der Waals surface area contributed by atoms with Gasteiger partial charge in [-0.3, -0.25) is 0 Å². The van der Waals surface area contributed by atoms with Crippen LogP contribution >= 0.6 is 11.6 Å². The molecule has 0 radical (unpaired) electrons. The summed E-state index contributed by atoms with van der Waals surface area (Å²) in [4.78, 5) is 4.37. The van der Waals surface area contributed by atoms with Crippen LogP contribution in [-0.4, -0.2) is 22.6 Å². The van der Waals surface area contributed by atoms with Crippen molar-refractivity contribution in [2.24, 2.45) is 5.16 Å². The molecule has 0 fully saturated rings. The number of nitrogens with two attached hydrogens (primary N) is 1. The van der Waals surface area contributed by atoms with Crippen LogP contribution in [0.1, 0.15) is 5.69 Å². The average molecular weight is 177 g/mol. The van der Waals surface area contributed by atoms with E-state index in [2.05, 4.69) is 24.9 Å². The second kappa shape index (κ2) is 3.20. The number of hydrogen-bond donors (Lipinski definition) is 1. The molecule has 0 spiro atoms. The number of nitrogens with zero attached hydrogens (tertiary/aromatic N) is 3. The van der Waals surface area contributed by atoms with Crippen LogP contribution in [0.3, 0.4) is 0 Å². The van der Waals surface area contributed by atoms with Gasteiger partial charge in [0.2, 0.25) is 5.17 Å². The first kappa shape index (κ1) is 7.80. The van der Waals surface area contributed by atoms with Gasteiger partial charge in [0.05, 0.1) is 0 Å². The van der Waals surface area contributed by atoms with Crippen LogP contribution < -0.4 is 5.73 Å². The molecule has 1 aromatic rings. The lowest BCUT2D eigenvalue weighted by atomic mass is 10.5. The fourth-order valence-corrected chi connectivity index (χ4v) is 0.662. The quantitative estimate of drug-likeness (QED) is 0.514. The van der Waals surface area contributed by atoms with Gasteiger partial charge in [-0.1, -0.05) is 16.8 Å². The average Bonchev–Trinajstić information content (AvgIpc) is 2.36. The van der Waals surface area contributed by atoms with Crippen LogP contribution in [0.25, 0.3) is 0 Å². The van der Waals surface area contributed by atoms with Crippen molar-refractivity contribution in [1.82, 2.24) is 10.3 Å². The van der Waals surface area contributed by atoms with Crippen LogP contribution in [0.4, 0.5) is 5.82 Å². The zero-order valence-corrected chi connectivity index (χ0v) is 6.37.